The molecule has 24 heavy (non-hydrogen) atoms. The monoisotopic (exact) mass is 373 g/mol. The second-order valence-electron chi connectivity index (χ2n) is 5.23. The van der Waals surface area contributed by atoms with Gasteiger partial charge < -0.3 is 5.32 Å². The first-order chi connectivity index (χ1) is 11.3. The number of benzene rings is 1. The van der Waals surface area contributed by atoms with Crippen LogP contribution in [0.1, 0.15) is 17.5 Å². The molecule has 0 bridgehead atoms. The lowest BCUT2D eigenvalue weighted by Gasteiger charge is -2.25. The van der Waals surface area contributed by atoms with Gasteiger partial charge in [-0.05, 0) is 12.1 Å². The molecule has 2 heterocycles. The molecule has 0 radical (unpaired) electrons. The van der Waals surface area contributed by atoms with Crippen molar-refractivity contribution in [3.63, 3.8) is 0 Å². The molecule has 0 fully saturated rings. The zero-order valence-electron chi connectivity index (χ0n) is 12.5. The average Bonchev–Trinajstić information content (AvgIpc) is 2.86. The Kier molecular flexibility index (Phi) is 4.37. The normalized spacial score (nSPS) is 15.1. The molecule has 0 saturated heterocycles. The molecule has 1 aromatic carbocycles. The minimum atomic E-state index is -4.08. The van der Waals surface area contributed by atoms with Crippen molar-refractivity contribution in [2.24, 2.45) is 0 Å². The fraction of sp³-hybridized carbons (Fsp3) is 0.286. The first-order valence-electron chi connectivity index (χ1n) is 6.99. The van der Waals surface area contributed by atoms with Crippen LogP contribution in [0.2, 0.25) is 0 Å². The number of thiazole rings is 1. The van der Waals surface area contributed by atoms with E-state index in [1.165, 1.54) is 18.3 Å². The number of nitrogens with one attached hydrogen (secondary N) is 1. The lowest BCUT2D eigenvalue weighted by molar-refractivity contribution is -0.114. The molecule has 1 aromatic heterocycles. The van der Waals surface area contributed by atoms with Crippen LogP contribution in [0.25, 0.3) is 0 Å². The van der Waals surface area contributed by atoms with Crippen molar-refractivity contribution < 1.29 is 22.0 Å². The lowest BCUT2D eigenvalue weighted by atomic mass is 10.2. The number of rotatable bonds is 3. The number of fused-ring (bicyclic) bond motifs is 1. The Hall–Kier alpha value is -1.91. The van der Waals surface area contributed by atoms with Gasteiger partial charge in [-0.1, -0.05) is 0 Å². The van der Waals surface area contributed by atoms with Crippen molar-refractivity contribution in [2.45, 2.75) is 24.8 Å². The molecular formula is C14H13F2N3O3S2. The van der Waals surface area contributed by atoms with E-state index < -0.39 is 26.6 Å². The fourth-order valence-electron chi connectivity index (χ4n) is 2.40. The van der Waals surface area contributed by atoms with E-state index in [4.69, 9.17) is 0 Å². The molecule has 1 aliphatic heterocycles. The quantitative estimate of drug-likeness (QED) is 0.894. The molecule has 2 aromatic rings. The molecule has 1 amide bonds. The highest BCUT2D eigenvalue weighted by Gasteiger charge is 2.32. The summed E-state index contributed by atoms with van der Waals surface area (Å²) in [6.07, 6.45) is 0.355. The number of amides is 1. The minimum absolute atomic E-state index is 0.0335. The molecule has 3 rings (SSSR count). The van der Waals surface area contributed by atoms with Crippen LogP contribution in [-0.2, 0) is 27.8 Å². The van der Waals surface area contributed by atoms with Gasteiger partial charge in [-0.15, -0.1) is 11.3 Å². The maximum absolute atomic E-state index is 13.8. The van der Waals surface area contributed by atoms with Gasteiger partial charge >= 0.3 is 0 Å². The summed E-state index contributed by atoms with van der Waals surface area (Å²) in [5.74, 6) is -2.22. The van der Waals surface area contributed by atoms with Gasteiger partial charge in [-0.3, -0.25) is 4.79 Å². The van der Waals surface area contributed by atoms with Gasteiger partial charge in [0, 0.05) is 30.8 Å². The summed E-state index contributed by atoms with van der Waals surface area (Å²) < 4.78 is 53.1. The Morgan fingerprint density at radius 1 is 1.38 bits per heavy atom. The zero-order chi connectivity index (χ0) is 17.5. The lowest BCUT2D eigenvalue weighted by Crippen LogP contribution is -2.36. The number of carbonyl (C=O) groups is 1. The Bertz CT molecular complexity index is 912. The molecule has 0 atom stereocenters. The molecule has 1 aliphatic rings. The predicted molar refractivity (Wildman–Crippen MR) is 84.1 cm³/mol. The van der Waals surface area contributed by atoms with Crippen molar-refractivity contribution in [2.75, 3.05) is 11.9 Å². The number of sulfonamides is 1. The minimum Gasteiger partial charge on any atom is -0.302 e. The third kappa shape index (κ3) is 3.17. The topological polar surface area (TPSA) is 79.4 Å². The molecule has 0 spiro atoms. The molecule has 1 N–H and O–H groups in total. The van der Waals surface area contributed by atoms with Gasteiger partial charge in [0.2, 0.25) is 15.9 Å². The van der Waals surface area contributed by atoms with E-state index in [0.29, 0.717) is 22.5 Å². The van der Waals surface area contributed by atoms with Crippen LogP contribution in [0.5, 0.6) is 0 Å². The van der Waals surface area contributed by atoms with Crippen molar-refractivity contribution in [1.82, 2.24) is 9.29 Å². The van der Waals surface area contributed by atoms with Crippen LogP contribution in [0.15, 0.2) is 23.1 Å². The summed E-state index contributed by atoms with van der Waals surface area (Å²) in [6.45, 7) is 1.52. The number of halogens is 2. The van der Waals surface area contributed by atoms with Crippen molar-refractivity contribution >= 4 is 32.4 Å². The van der Waals surface area contributed by atoms with Gasteiger partial charge in [0.1, 0.15) is 16.5 Å². The zero-order valence-corrected chi connectivity index (χ0v) is 14.2. The highest BCUT2D eigenvalue weighted by Crippen LogP contribution is 2.31. The van der Waals surface area contributed by atoms with Gasteiger partial charge in [-0.2, -0.15) is 4.31 Å². The molecule has 10 heteroatoms. The van der Waals surface area contributed by atoms with Crippen molar-refractivity contribution in [3.05, 3.63) is 40.4 Å². The third-order valence-corrected chi connectivity index (χ3v) is 6.37. The first-order valence-corrected chi connectivity index (χ1v) is 9.24. The Morgan fingerprint density at radius 2 is 2.12 bits per heavy atom. The van der Waals surface area contributed by atoms with Crippen LogP contribution in [0.4, 0.5) is 13.9 Å². The number of carbonyl (C=O) groups excluding carboxylic acids is 1. The van der Waals surface area contributed by atoms with Crippen LogP contribution in [-0.4, -0.2) is 30.2 Å². The first kappa shape index (κ1) is 16.9. The van der Waals surface area contributed by atoms with E-state index in [2.05, 4.69) is 10.3 Å². The van der Waals surface area contributed by atoms with Crippen LogP contribution >= 0.6 is 11.3 Å². The Balaban J connectivity index is 1.88. The number of hydrogen-bond donors (Lipinski definition) is 1. The van der Waals surface area contributed by atoms with Gasteiger partial charge in [0.15, 0.2) is 5.13 Å². The van der Waals surface area contributed by atoms with E-state index in [9.17, 15) is 22.0 Å². The van der Waals surface area contributed by atoms with Crippen molar-refractivity contribution in [1.29, 1.82) is 0 Å². The Labute approximate surface area is 141 Å². The Morgan fingerprint density at radius 3 is 2.79 bits per heavy atom. The summed E-state index contributed by atoms with van der Waals surface area (Å²) in [4.78, 5) is 15.5. The standard InChI is InChI=1S/C14H13F2N3O3S2/c1-8(20)17-14-18-11-4-5-19(7-12(11)23-14)24(21,22)13-3-2-9(15)6-10(13)16/h2-3,6H,4-5,7H2,1H3,(H,17,18,20). The second kappa shape index (κ2) is 6.19. The summed E-state index contributed by atoms with van der Waals surface area (Å²) >= 11 is 1.18. The van der Waals surface area contributed by atoms with E-state index in [0.717, 1.165) is 22.1 Å². The van der Waals surface area contributed by atoms with E-state index >= 15 is 0 Å². The SMILES string of the molecule is CC(=O)Nc1nc2c(s1)CN(S(=O)(=O)c1ccc(F)cc1F)CC2. The number of nitrogens with zero attached hydrogens (tertiary/aromatic N) is 2. The number of aromatic nitrogens is 1. The van der Waals surface area contributed by atoms with E-state index in [1.54, 1.807) is 0 Å². The molecule has 0 saturated carbocycles. The van der Waals surface area contributed by atoms with Crippen LogP contribution in [0, 0.1) is 11.6 Å². The van der Waals surface area contributed by atoms with Crippen LogP contribution < -0.4 is 5.32 Å². The third-order valence-electron chi connectivity index (χ3n) is 3.49. The molecule has 0 aliphatic carbocycles. The molecule has 6 nitrogen and oxygen atoms in total. The van der Waals surface area contributed by atoms with Gasteiger partial charge in [0.25, 0.3) is 0 Å². The maximum Gasteiger partial charge on any atom is 0.246 e. The largest absolute Gasteiger partial charge is 0.302 e. The summed E-state index contributed by atoms with van der Waals surface area (Å²) in [5.41, 5.74) is 0.717. The van der Waals surface area contributed by atoms with Gasteiger partial charge in [0.05, 0.1) is 12.2 Å². The fourth-order valence-corrected chi connectivity index (χ4v) is 5.01. The van der Waals surface area contributed by atoms with Crippen molar-refractivity contribution in [3.8, 4) is 0 Å². The number of anilines is 1. The summed E-state index contributed by atoms with van der Waals surface area (Å²) in [7, 11) is -4.08. The average molecular weight is 373 g/mol. The molecular weight excluding hydrogens is 360 g/mol. The highest BCUT2D eigenvalue weighted by atomic mass is 32.2. The molecule has 0 unspecified atom stereocenters. The smallest absolute Gasteiger partial charge is 0.246 e. The maximum atomic E-state index is 13.8. The highest BCUT2D eigenvalue weighted by molar-refractivity contribution is 7.89. The second-order valence-corrected chi connectivity index (χ2v) is 8.22. The molecule has 128 valence electrons. The summed E-state index contributed by atoms with van der Waals surface area (Å²) in [5, 5.41) is 2.96. The predicted octanol–water partition coefficient (Wildman–Crippen LogP) is 2.13. The number of hydrogen-bond acceptors (Lipinski definition) is 5. The van der Waals surface area contributed by atoms with Crippen LogP contribution in [0.3, 0.4) is 0 Å². The summed E-state index contributed by atoms with van der Waals surface area (Å²) in [6, 6.07) is 2.38. The van der Waals surface area contributed by atoms with E-state index in [-0.39, 0.29) is 19.0 Å². The van der Waals surface area contributed by atoms with E-state index in [1.807, 2.05) is 0 Å². The van der Waals surface area contributed by atoms with Gasteiger partial charge in [-0.25, -0.2) is 22.2 Å².